The third-order valence-corrected chi connectivity index (χ3v) is 3.57. The van der Waals surface area contributed by atoms with Crippen LogP contribution >= 0.6 is 0 Å². The molecule has 0 amide bonds. The van der Waals surface area contributed by atoms with Gasteiger partial charge < -0.3 is 15.5 Å². The molecule has 1 atom stereocenters. The third kappa shape index (κ3) is 5.02. The molecule has 0 saturated carbocycles. The molecule has 4 heteroatoms. The van der Waals surface area contributed by atoms with Crippen LogP contribution in [0.1, 0.15) is 46.2 Å². The first-order valence-electron chi connectivity index (χ1n) is 7.33. The van der Waals surface area contributed by atoms with Crippen molar-refractivity contribution in [2.75, 3.05) is 13.1 Å². The average Bonchev–Trinajstić information content (AvgIpc) is 2.32. The Labute approximate surface area is 122 Å². The second-order valence-electron chi connectivity index (χ2n) is 5.88. The van der Waals surface area contributed by atoms with Crippen molar-refractivity contribution >= 4 is 0 Å². The maximum Gasteiger partial charge on any atom is 0.119 e. The van der Waals surface area contributed by atoms with E-state index in [-0.39, 0.29) is 17.5 Å². The molecule has 0 heterocycles. The zero-order valence-electron chi connectivity index (χ0n) is 13.2. The molecule has 1 aromatic rings. The molecule has 0 aromatic heterocycles. The Morgan fingerprint density at radius 3 is 1.90 bits per heavy atom. The van der Waals surface area contributed by atoms with Crippen LogP contribution in [0.5, 0.6) is 11.5 Å². The van der Waals surface area contributed by atoms with E-state index in [0.29, 0.717) is 12.1 Å². The Kier molecular flexibility index (Phi) is 6.30. The summed E-state index contributed by atoms with van der Waals surface area (Å²) in [6.45, 7) is 12.7. The maximum atomic E-state index is 9.51. The van der Waals surface area contributed by atoms with E-state index in [1.165, 1.54) is 6.07 Å². The minimum atomic E-state index is 0.0918. The second kappa shape index (κ2) is 7.50. The summed E-state index contributed by atoms with van der Waals surface area (Å²) in [6.07, 6.45) is 0. The molecule has 0 fully saturated rings. The highest BCUT2D eigenvalue weighted by atomic mass is 16.3. The number of hydrogen-bond acceptors (Lipinski definition) is 4. The second-order valence-corrected chi connectivity index (χ2v) is 5.88. The molecule has 114 valence electrons. The van der Waals surface area contributed by atoms with Gasteiger partial charge in [0, 0.05) is 37.3 Å². The molecule has 20 heavy (non-hydrogen) atoms. The van der Waals surface area contributed by atoms with Crippen LogP contribution in [0.15, 0.2) is 18.2 Å². The van der Waals surface area contributed by atoms with E-state index in [1.54, 1.807) is 12.1 Å². The van der Waals surface area contributed by atoms with Gasteiger partial charge in [-0.3, -0.25) is 4.90 Å². The fraction of sp³-hybridized carbons (Fsp3) is 0.625. The number of phenolic OH excluding ortho intramolecular Hbond substituents is 2. The Balaban J connectivity index is 2.52. The molecule has 0 saturated heterocycles. The quantitative estimate of drug-likeness (QED) is 0.719. The largest absolute Gasteiger partial charge is 0.508 e. The summed E-state index contributed by atoms with van der Waals surface area (Å²) in [4.78, 5) is 2.43. The van der Waals surface area contributed by atoms with Crippen molar-refractivity contribution in [3.8, 4) is 11.5 Å². The van der Waals surface area contributed by atoms with Crippen LogP contribution in [0, 0.1) is 0 Å². The third-order valence-electron chi connectivity index (χ3n) is 3.57. The average molecular weight is 280 g/mol. The van der Waals surface area contributed by atoms with Gasteiger partial charge in [0.2, 0.25) is 0 Å². The van der Waals surface area contributed by atoms with E-state index in [4.69, 9.17) is 0 Å². The normalized spacial score (nSPS) is 13.4. The molecule has 0 bridgehead atoms. The first-order chi connectivity index (χ1) is 9.31. The molecular weight excluding hydrogens is 252 g/mol. The zero-order chi connectivity index (χ0) is 15.3. The van der Waals surface area contributed by atoms with Gasteiger partial charge in [0.05, 0.1) is 0 Å². The number of aromatic hydroxyl groups is 2. The topological polar surface area (TPSA) is 55.7 Å². The van der Waals surface area contributed by atoms with Gasteiger partial charge in [-0.25, -0.2) is 0 Å². The smallest absolute Gasteiger partial charge is 0.119 e. The molecular formula is C16H28N2O2. The first kappa shape index (κ1) is 16.8. The summed E-state index contributed by atoms with van der Waals surface area (Å²) in [5.41, 5.74) is 0.892. The van der Waals surface area contributed by atoms with Crippen molar-refractivity contribution in [2.45, 2.75) is 52.7 Å². The first-order valence-corrected chi connectivity index (χ1v) is 7.33. The number of nitrogens with zero attached hydrogens (tertiary/aromatic N) is 1. The molecule has 0 aliphatic heterocycles. The lowest BCUT2D eigenvalue weighted by molar-refractivity contribution is 0.174. The van der Waals surface area contributed by atoms with Gasteiger partial charge in [-0.2, -0.15) is 0 Å². The highest BCUT2D eigenvalue weighted by Gasteiger charge is 2.13. The fourth-order valence-corrected chi connectivity index (χ4v) is 2.51. The minimum absolute atomic E-state index is 0.0918. The number of hydrogen-bond donors (Lipinski definition) is 3. The SMILES string of the molecule is CC(NCCN(C(C)C)C(C)C)c1cc(O)cc(O)c1. The summed E-state index contributed by atoms with van der Waals surface area (Å²) >= 11 is 0. The van der Waals surface area contributed by atoms with Crippen LogP contribution in [-0.2, 0) is 0 Å². The molecule has 4 nitrogen and oxygen atoms in total. The maximum absolute atomic E-state index is 9.51. The van der Waals surface area contributed by atoms with Crippen LogP contribution in [0.4, 0.5) is 0 Å². The lowest BCUT2D eigenvalue weighted by Crippen LogP contribution is -2.41. The van der Waals surface area contributed by atoms with Gasteiger partial charge in [-0.05, 0) is 52.3 Å². The molecule has 3 N–H and O–H groups in total. The standard InChI is InChI=1S/C16H28N2O2/c1-11(2)18(12(3)4)7-6-17-13(5)14-8-15(19)10-16(20)9-14/h8-13,17,19-20H,6-7H2,1-5H3. The predicted molar refractivity (Wildman–Crippen MR) is 83.2 cm³/mol. The van der Waals surface area contributed by atoms with E-state index in [2.05, 4.69) is 37.9 Å². The molecule has 1 aromatic carbocycles. The van der Waals surface area contributed by atoms with Gasteiger partial charge >= 0.3 is 0 Å². The van der Waals surface area contributed by atoms with E-state index in [0.717, 1.165) is 18.7 Å². The van der Waals surface area contributed by atoms with Crippen molar-refractivity contribution in [1.29, 1.82) is 0 Å². The van der Waals surface area contributed by atoms with Crippen LogP contribution in [0.2, 0.25) is 0 Å². The molecule has 0 aliphatic rings. The van der Waals surface area contributed by atoms with Crippen LogP contribution in [-0.4, -0.2) is 40.3 Å². The van der Waals surface area contributed by atoms with Crippen molar-refractivity contribution in [3.63, 3.8) is 0 Å². The molecule has 1 rings (SSSR count). The van der Waals surface area contributed by atoms with Crippen molar-refractivity contribution in [1.82, 2.24) is 10.2 Å². The van der Waals surface area contributed by atoms with Gasteiger partial charge in [-0.1, -0.05) is 0 Å². The van der Waals surface area contributed by atoms with Gasteiger partial charge in [-0.15, -0.1) is 0 Å². The van der Waals surface area contributed by atoms with E-state index in [9.17, 15) is 10.2 Å². The summed E-state index contributed by atoms with van der Waals surface area (Å²) < 4.78 is 0. The predicted octanol–water partition coefficient (Wildman–Crippen LogP) is 2.87. The Morgan fingerprint density at radius 1 is 0.950 bits per heavy atom. The van der Waals surface area contributed by atoms with Crippen LogP contribution in [0.3, 0.4) is 0 Å². The van der Waals surface area contributed by atoms with Crippen molar-refractivity contribution in [3.05, 3.63) is 23.8 Å². The zero-order valence-corrected chi connectivity index (χ0v) is 13.2. The van der Waals surface area contributed by atoms with Gasteiger partial charge in [0.25, 0.3) is 0 Å². The van der Waals surface area contributed by atoms with E-state index < -0.39 is 0 Å². The molecule has 1 unspecified atom stereocenters. The van der Waals surface area contributed by atoms with Crippen LogP contribution < -0.4 is 5.32 Å². The van der Waals surface area contributed by atoms with Gasteiger partial charge in [0.1, 0.15) is 11.5 Å². The lowest BCUT2D eigenvalue weighted by atomic mass is 10.1. The lowest BCUT2D eigenvalue weighted by Gasteiger charge is -2.31. The van der Waals surface area contributed by atoms with Crippen LogP contribution in [0.25, 0.3) is 0 Å². The number of rotatable bonds is 7. The monoisotopic (exact) mass is 280 g/mol. The molecule has 0 aliphatic carbocycles. The van der Waals surface area contributed by atoms with Crippen molar-refractivity contribution < 1.29 is 10.2 Å². The Bertz CT molecular complexity index is 391. The van der Waals surface area contributed by atoms with E-state index >= 15 is 0 Å². The summed E-state index contributed by atoms with van der Waals surface area (Å²) in [7, 11) is 0. The Hall–Kier alpha value is -1.26. The Morgan fingerprint density at radius 2 is 1.45 bits per heavy atom. The summed E-state index contributed by atoms with van der Waals surface area (Å²) in [5, 5.41) is 22.4. The van der Waals surface area contributed by atoms with Crippen molar-refractivity contribution in [2.24, 2.45) is 0 Å². The number of nitrogens with one attached hydrogen (secondary N) is 1. The summed E-state index contributed by atoms with van der Waals surface area (Å²) in [6, 6.07) is 5.85. The summed E-state index contributed by atoms with van der Waals surface area (Å²) in [5.74, 6) is 0.194. The number of benzene rings is 1. The highest BCUT2D eigenvalue weighted by Crippen LogP contribution is 2.24. The number of phenols is 2. The molecule has 0 spiro atoms. The molecule has 0 radical (unpaired) electrons. The highest BCUT2D eigenvalue weighted by molar-refractivity contribution is 5.37. The van der Waals surface area contributed by atoms with Gasteiger partial charge in [0.15, 0.2) is 0 Å². The van der Waals surface area contributed by atoms with E-state index in [1.807, 2.05) is 6.92 Å². The fourth-order valence-electron chi connectivity index (χ4n) is 2.51. The minimum Gasteiger partial charge on any atom is -0.508 e.